The first kappa shape index (κ1) is 20.8. The number of anilines is 2. The first-order valence-electron chi connectivity index (χ1n) is 9.26. The number of thiophene rings is 1. The second-order valence-electron chi connectivity index (χ2n) is 6.60. The molecule has 0 bridgehead atoms. The maximum Gasteiger partial charge on any atom is 0.266 e. The van der Waals surface area contributed by atoms with E-state index in [0.29, 0.717) is 10.6 Å². The molecule has 0 unspecified atom stereocenters. The minimum Gasteiger partial charge on any atom is -0.321 e. The molecule has 0 spiro atoms. The molecule has 31 heavy (non-hydrogen) atoms. The second kappa shape index (κ2) is 8.71. The summed E-state index contributed by atoms with van der Waals surface area (Å²) in [5.74, 6) is -1.02. The van der Waals surface area contributed by atoms with Gasteiger partial charge in [0.1, 0.15) is 5.82 Å². The van der Waals surface area contributed by atoms with Gasteiger partial charge >= 0.3 is 0 Å². The van der Waals surface area contributed by atoms with E-state index in [0.717, 1.165) is 11.1 Å². The zero-order valence-electron chi connectivity index (χ0n) is 16.1. The van der Waals surface area contributed by atoms with E-state index in [9.17, 15) is 17.6 Å². The van der Waals surface area contributed by atoms with Gasteiger partial charge in [0.25, 0.3) is 15.9 Å². The minimum atomic E-state index is -4.04. The van der Waals surface area contributed by atoms with Crippen LogP contribution in [0.5, 0.6) is 0 Å². The van der Waals surface area contributed by atoms with Gasteiger partial charge in [0.15, 0.2) is 0 Å². The van der Waals surface area contributed by atoms with Crippen LogP contribution in [0.3, 0.4) is 0 Å². The van der Waals surface area contributed by atoms with E-state index in [1.54, 1.807) is 6.07 Å². The molecule has 4 aromatic rings. The number of amides is 1. The molecule has 1 aromatic heterocycles. The molecule has 0 fully saturated rings. The molecule has 0 radical (unpaired) electrons. The molecule has 5 nitrogen and oxygen atoms in total. The van der Waals surface area contributed by atoms with Gasteiger partial charge in [-0.1, -0.05) is 48.5 Å². The van der Waals surface area contributed by atoms with Crippen LogP contribution in [0.1, 0.15) is 9.67 Å². The van der Waals surface area contributed by atoms with Crippen LogP contribution in [0, 0.1) is 5.82 Å². The molecule has 0 atom stereocenters. The highest BCUT2D eigenvalue weighted by Crippen LogP contribution is 2.29. The Bertz CT molecular complexity index is 1340. The molecular weight excluding hydrogens is 435 g/mol. The summed E-state index contributed by atoms with van der Waals surface area (Å²) in [6, 6.07) is 22.7. The molecule has 8 heteroatoms. The second-order valence-corrected chi connectivity index (χ2v) is 9.20. The monoisotopic (exact) mass is 452 g/mol. The van der Waals surface area contributed by atoms with Gasteiger partial charge in [-0.05, 0) is 47.3 Å². The van der Waals surface area contributed by atoms with Crippen molar-refractivity contribution in [1.82, 2.24) is 0 Å². The first-order valence-corrected chi connectivity index (χ1v) is 11.6. The molecular formula is C23H17FN2O3S2. The largest absolute Gasteiger partial charge is 0.321 e. The van der Waals surface area contributed by atoms with E-state index in [2.05, 4.69) is 10.0 Å². The molecule has 0 aliphatic rings. The van der Waals surface area contributed by atoms with Crippen LogP contribution >= 0.6 is 11.3 Å². The fourth-order valence-electron chi connectivity index (χ4n) is 3.01. The highest BCUT2D eigenvalue weighted by atomic mass is 32.2. The molecule has 0 saturated carbocycles. The van der Waals surface area contributed by atoms with Crippen molar-refractivity contribution in [2.45, 2.75) is 4.90 Å². The average Bonchev–Trinajstić information content (AvgIpc) is 3.26. The van der Waals surface area contributed by atoms with Crippen molar-refractivity contribution in [1.29, 1.82) is 0 Å². The third kappa shape index (κ3) is 4.65. The molecule has 4 rings (SSSR count). The fraction of sp³-hybridized carbons (Fsp3) is 0. The number of benzene rings is 3. The van der Waals surface area contributed by atoms with Gasteiger partial charge in [0.05, 0.1) is 15.5 Å². The molecule has 0 aliphatic heterocycles. The SMILES string of the molecule is O=C(Nc1cccc(S(=O)(=O)Nc2ccccc2F)c1)c1sccc1-c1ccccc1. The Morgan fingerprint density at radius 1 is 0.871 bits per heavy atom. The molecule has 1 heterocycles. The van der Waals surface area contributed by atoms with Crippen LogP contribution in [0.2, 0.25) is 0 Å². The zero-order valence-corrected chi connectivity index (χ0v) is 17.7. The lowest BCUT2D eigenvalue weighted by molar-refractivity contribution is 0.103. The third-order valence-electron chi connectivity index (χ3n) is 4.48. The lowest BCUT2D eigenvalue weighted by Gasteiger charge is -2.11. The van der Waals surface area contributed by atoms with Crippen molar-refractivity contribution < 1.29 is 17.6 Å². The van der Waals surface area contributed by atoms with E-state index in [4.69, 9.17) is 0 Å². The fourth-order valence-corrected chi connectivity index (χ4v) is 4.93. The number of hydrogen-bond acceptors (Lipinski definition) is 4. The Morgan fingerprint density at radius 3 is 2.39 bits per heavy atom. The number of nitrogens with one attached hydrogen (secondary N) is 2. The van der Waals surface area contributed by atoms with E-state index >= 15 is 0 Å². The Balaban J connectivity index is 1.57. The normalized spacial score (nSPS) is 11.1. The predicted octanol–water partition coefficient (Wildman–Crippen LogP) is 5.61. The van der Waals surface area contributed by atoms with E-state index in [1.165, 1.54) is 53.8 Å². The first-order chi connectivity index (χ1) is 14.9. The van der Waals surface area contributed by atoms with E-state index < -0.39 is 15.8 Å². The molecule has 0 aliphatic carbocycles. The topological polar surface area (TPSA) is 75.3 Å². The quantitative estimate of drug-likeness (QED) is 0.399. The average molecular weight is 453 g/mol. The van der Waals surface area contributed by atoms with Crippen molar-refractivity contribution in [2.75, 3.05) is 10.0 Å². The summed E-state index contributed by atoms with van der Waals surface area (Å²) in [5, 5.41) is 4.58. The molecule has 1 amide bonds. The Hall–Kier alpha value is -3.49. The zero-order chi connectivity index (χ0) is 21.8. The van der Waals surface area contributed by atoms with Gasteiger partial charge in [0.2, 0.25) is 0 Å². The van der Waals surface area contributed by atoms with Crippen molar-refractivity contribution >= 4 is 38.6 Å². The molecule has 2 N–H and O–H groups in total. The molecule has 156 valence electrons. The van der Waals surface area contributed by atoms with E-state index in [1.807, 2.05) is 41.8 Å². The van der Waals surface area contributed by atoms with Gasteiger partial charge in [-0.3, -0.25) is 9.52 Å². The number of hydrogen-bond donors (Lipinski definition) is 2. The summed E-state index contributed by atoms with van der Waals surface area (Å²) < 4.78 is 41.4. The van der Waals surface area contributed by atoms with Gasteiger partial charge in [-0.2, -0.15) is 0 Å². The van der Waals surface area contributed by atoms with E-state index in [-0.39, 0.29) is 16.5 Å². The van der Waals surface area contributed by atoms with Crippen LogP contribution in [0.25, 0.3) is 11.1 Å². The predicted molar refractivity (Wildman–Crippen MR) is 121 cm³/mol. The summed E-state index contributed by atoms with van der Waals surface area (Å²) in [5.41, 5.74) is 1.88. The molecule has 0 saturated heterocycles. The smallest absolute Gasteiger partial charge is 0.266 e. The lowest BCUT2D eigenvalue weighted by atomic mass is 10.1. The van der Waals surface area contributed by atoms with Crippen LogP contribution in [-0.4, -0.2) is 14.3 Å². The van der Waals surface area contributed by atoms with Crippen molar-refractivity contribution in [3.05, 3.63) is 101 Å². The maximum absolute atomic E-state index is 13.8. The summed E-state index contributed by atoms with van der Waals surface area (Å²) >= 11 is 1.30. The standard InChI is InChI=1S/C23H17FN2O3S2/c24-20-11-4-5-12-21(20)26-31(28,29)18-10-6-9-17(15-18)25-23(27)22-19(13-14-30-22)16-7-2-1-3-8-16/h1-15,26H,(H,25,27). The summed E-state index contributed by atoms with van der Waals surface area (Å²) in [7, 11) is -4.04. The summed E-state index contributed by atoms with van der Waals surface area (Å²) in [4.78, 5) is 13.3. The number of carbonyl (C=O) groups excluding carboxylic acids is 1. The number of para-hydroxylation sites is 1. The minimum absolute atomic E-state index is 0.0944. The van der Waals surface area contributed by atoms with Gasteiger partial charge in [-0.15, -0.1) is 11.3 Å². The highest BCUT2D eigenvalue weighted by molar-refractivity contribution is 7.92. The lowest BCUT2D eigenvalue weighted by Crippen LogP contribution is -2.15. The van der Waals surface area contributed by atoms with Gasteiger partial charge < -0.3 is 5.32 Å². The van der Waals surface area contributed by atoms with Crippen LogP contribution in [0.15, 0.2) is 95.2 Å². The number of halogens is 1. The summed E-state index contributed by atoms with van der Waals surface area (Å²) in [6.45, 7) is 0. The van der Waals surface area contributed by atoms with Gasteiger partial charge in [-0.25, -0.2) is 12.8 Å². The number of carbonyl (C=O) groups is 1. The maximum atomic E-state index is 13.8. The van der Waals surface area contributed by atoms with Gasteiger partial charge in [0, 0.05) is 11.3 Å². The number of sulfonamides is 1. The third-order valence-corrected chi connectivity index (χ3v) is 6.75. The van der Waals surface area contributed by atoms with Crippen molar-refractivity contribution in [2.24, 2.45) is 0 Å². The van der Waals surface area contributed by atoms with Crippen LogP contribution < -0.4 is 10.0 Å². The van der Waals surface area contributed by atoms with Crippen molar-refractivity contribution in [3.8, 4) is 11.1 Å². The Morgan fingerprint density at radius 2 is 1.61 bits per heavy atom. The molecule has 3 aromatic carbocycles. The Labute approximate surface area is 183 Å². The number of rotatable bonds is 6. The highest BCUT2D eigenvalue weighted by Gasteiger charge is 2.18. The van der Waals surface area contributed by atoms with Crippen molar-refractivity contribution in [3.63, 3.8) is 0 Å². The van der Waals surface area contributed by atoms with Crippen LogP contribution in [-0.2, 0) is 10.0 Å². The van der Waals surface area contributed by atoms with Crippen LogP contribution in [0.4, 0.5) is 15.8 Å². The Kier molecular flexibility index (Phi) is 5.83. The summed E-state index contributed by atoms with van der Waals surface area (Å²) in [6.07, 6.45) is 0.